The summed E-state index contributed by atoms with van der Waals surface area (Å²) in [6.45, 7) is 2.88. The van der Waals surface area contributed by atoms with E-state index in [0.29, 0.717) is 37.4 Å². The molecule has 0 bridgehead atoms. The molecule has 0 saturated carbocycles. The van der Waals surface area contributed by atoms with Crippen molar-refractivity contribution in [2.75, 3.05) is 37.7 Å². The third kappa shape index (κ3) is 4.54. The molecule has 1 fully saturated rings. The minimum atomic E-state index is -0.651. The van der Waals surface area contributed by atoms with E-state index in [2.05, 4.69) is 0 Å². The van der Waals surface area contributed by atoms with E-state index >= 15 is 0 Å². The van der Waals surface area contributed by atoms with E-state index in [9.17, 15) is 18.8 Å². The molecule has 3 rings (SSSR count). The minimum absolute atomic E-state index is 0.154. The van der Waals surface area contributed by atoms with Gasteiger partial charge in [-0.1, -0.05) is 24.3 Å². The number of benzene rings is 2. The van der Waals surface area contributed by atoms with Crippen LogP contribution in [0.4, 0.5) is 10.1 Å². The third-order valence-electron chi connectivity index (χ3n) is 4.66. The number of hydrogen-bond donors (Lipinski definition) is 0. The summed E-state index contributed by atoms with van der Waals surface area (Å²) in [7, 11) is 0. The van der Waals surface area contributed by atoms with Crippen molar-refractivity contribution >= 4 is 23.3 Å². The molecule has 7 heteroatoms. The fourth-order valence-electron chi connectivity index (χ4n) is 3.07. The lowest BCUT2D eigenvalue weighted by atomic mass is 10.1. The summed E-state index contributed by atoms with van der Waals surface area (Å²) < 4.78 is 19.0. The van der Waals surface area contributed by atoms with E-state index in [4.69, 9.17) is 4.74 Å². The largest absolute Gasteiger partial charge is 0.452 e. The molecule has 2 aromatic rings. The Morgan fingerprint density at radius 1 is 0.964 bits per heavy atom. The molecule has 0 atom stereocenters. The summed E-state index contributed by atoms with van der Waals surface area (Å²) in [5.41, 5.74) is 1.15. The molecule has 6 nitrogen and oxygen atoms in total. The van der Waals surface area contributed by atoms with E-state index in [1.54, 1.807) is 35.2 Å². The lowest BCUT2D eigenvalue weighted by Crippen LogP contribution is -2.50. The van der Waals surface area contributed by atoms with Gasteiger partial charge in [0, 0.05) is 31.7 Å². The highest BCUT2D eigenvalue weighted by molar-refractivity contribution is 5.98. The molecule has 0 aliphatic carbocycles. The van der Waals surface area contributed by atoms with E-state index in [1.807, 2.05) is 4.90 Å². The zero-order valence-corrected chi connectivity index (χ0v) is 15.6. The number of amides is 1. The lowest BCUT2D eigenvalue weighted by Gasteiger charge is -2.36. The number of esters is 1. The predicted molar refractivity (Wildman–Crippen MR) is 102 cm³/mol. The number of anilines is 1. The molecule has 0 spiro atoms. The number of hydrogen-bond acceptors (Lipinski definition) is 5. The quantitative estimate of drug-likeness (QED) is 0.585. The first kappa shape index (κ1) is 19.5. The van der Waals surface area contributed by atoms with Crippen LogP contribution in [-0.2, 0) is 9.53 Å². The number of para-hydroxylation sites is 1. The molecule has 1 heterocycles. The van der Waals surface area contributed by atoms with Crippen molar-refractivity contribution in [3.63, 3.8) is 0 Å². The van der Waals surface area contributed by atoms with Crippen LogP contribution in [0.3, 0.4) is 0 Å². The fourth-order valence-corrected chi connectivity index (χ4v) is 3.07. The summed E-state index contributed by atoms with van der Waals surface area (Å²) in [5.74, 6) is -1.40. The van der Waals surface area contributed by atoms with Gasteiger partial charge in [0.25, 0.3) is 5.91 Å². The SMILES string of the molecule is CC(=O)c1cccc(C(=O)OCC(=O)N2CCN(c3ccccc3F)CC2)c1. The van der Waals surface area contributed by atoms with Gasteiger partial charge < -0.3 is 14.5 Å². The summed E-state index contributed by atoms with van der Waals surface area (Å²) in [6.07, 6.45) is 0. The molecule has 1 aliphatic rings. The Morgan fingerprint density at radius 3 is 2.32 bits per heavy atom. The Morgan fingerprint density at radius 2 is 1.64 bits per heavy atom. The molecule has 1 aliphatic heterocycles. The highest BCUT2D eigenvalue weighted by atomic mass is 19.1. The zero-order chi connectivity index (χ0) is 20.1. The summed E-state index contributed by atoms with van der Waals surface area (Å²) in [4.78, 5) is 39.3. The van der Waals surface area contributed by atoms with Crippen LogP contribution in [-0.4, -0.2) is 55.3 Å². The second-order valence-corrected chi connectivity index (χ2v) is 6.53. The molecule has 0 N–H and O–H groups in total. The summed E-state index contributed by atoms with van der Waals surface area (Å²) >= 11 is 0. The molecule has 1 saturated heterocycles. The molecular weight excluding hydrogens is 363 g/mol. The van der Waals surface area contributed by atoms with Crippen molar-refractivity contribution in [1.29, 1.82) is 0 Å². The monoisotopic (exact) mass is 384 g/mol. The maximum atomic E-state index is 13.9. The molecule has 146 valence electrons. The number of Topliss-reactive ketones (excluding diaryl/α,β-unsaturated/α-hetero) is 1. The van der Waals surface area contributed by atoms with E-state index < -0.39 is 5.97 Å². The van der Waals surface area contributed by atoms with Crippen LogP contribution in [0.2, 0.25) is 0 Å². The highest BCUT2D eigenvalue weighted by Gasteiger charge is 2.23. The molecule has 0 radical (unpaired) electrons. The second-order valence-electron chi connectivity index (χ2n) is 6.53. The van der Waals surface area contributed by atoms with Crippen molar-refractivity contribution in [1.82, 2.24) is 4.90 Å². The fraction of sp³-hybridized carbons (Fsp3) is 0.286. The average molecular weight is 384 g/mol. The molecule has 2 aromatic carbocycles. The first-order valence-corrected chi connectivity index (χ1v) is 9.01. The average Bonchev–Trinajstić information content (AvgIpc) is 2.72. The first-order chi connectivity index (χ1) is 13.5. The Labute approximate surface area is 162 Å². The minimum Gasteiger partial charge on any atom is -0.452 e. The van der Waals surface area contributed by atoms with Gasteiger partial charge >= 0.3 is 5.97 Å². The molecule has 28 heavy (non-hydrogen) atoms. The van der Waals surface area contributed by atoms with Crippen LogP contribution >= 0.6 is 0 Å². The van der Waals surface area contributed by atoms with Gasteiger partial charge in [-0.3, -0.25) is 9.59 Å². The summed E-state index contributed by atoms with van der Waals surface area (Å²) in [5, 5.41) is 0. The highest BCUT2D eigenvalue weighted by Crippen LogP contribution is 2.20. The lowest BCUT2D eigenvalue weighted by molar-refractivity contribution is -0.134. The number of ether oxygens (including phenoxy) is 1. The van der Waals surface area contributed by atoms with Crippen molar-refractivity contribution < 1.29 is 23.5 Å². The Bertz CT molecular complexity index is 891. The van der Waals surface area contributed by atoms with Crippen LogP contribution in [0, 0.1) is 5.82 Å². The van der Waals surface area contributed by atoms with Gasteiger partial charge in [0.1, 0.15) is 5.82 Å². The van der Waals surface area contributed by atoms with Crippen LogP contribution in [0.1, 0.15) is 27.6 Å². The van der Waals surface area contributed by atoms with Crippen LogP contribution in [0.25, 0.3) is 0 Å². The van der Waals surface area contributed by atoms with Gasteiger partial charge in [0.15, 0.2) is 12.4 Å². The molecule has 0 aromatic heterocycles. The number of rotatable bonds is 5. The number of nitrogens with zero attached hydrogens (tertiary/aromatic N) is 2. The van der Waals surface area contributed by atoms with Gasteiger partial charge in [-0.15, -0.1) is 0 Å². The van der Waals surface area contributed by atoms with Crippen LogP contribution < -0.4 is 4.90 Å². The number of carbonyl (C=O) groups is 3. The zero-order valence-electron chi connectivity index (χ0n) is 15.6. The maximum absolute atomic E-state index is 13.9. The predicted octanol–water partition coefficient (Wildman–Crippen LogP) is 2.53. The second kappa shape index (κ2) is 8.65. The van der Waals surface area contributed by atoms with Gasteiger partial charge in [-0.2, -0.15) is 0 Å². The van der Waals surface area contributed by atoms with Gasteiger partial charge in [0.2, 0.25) is 0 Å². The Hall–Kier alpha value is -3.22. The van der Waals surface area contributed by atoms with E-state index in [1.165, 1.54) is 25.1 Å². The third-order valence-corrected chi connectivity index (χ3v) is 4.66. The number of piperazine rings is 1. The normalized spacial score (nSPS) is 13.9. The number of halogens is 1. The molecular formula is C21H21FN2O4. The van der Waals surface area contributed by atoms with Gasteiger partial charge in [-0.05, 0) is 31.2 Å². The van der Waals surface area contributed by atoms with Crippen molar-refractivity contribution in [3.8, 4) is 0 Å². The van der Waals surface area contributed by atoms with Crippen LogP contribution in [0.15, 0.2) is 48.5 Å². The number of carbonyl (C=O) groups excluding carboxylic acids is 3. The topological polar surface area (TPSA) is 66.9 Å². The standard InChI is InChI=1S/C21H21FN2O4/c1-15(25)16-5-4-6-17(13-16)21(27)28-14-20(26)24-11-9-23(10-12-24)19-8-3-2-7-18(19)22/h2-8,13H,9-12,14H2,1H3. The maximum Gasteiger partial charge on any atom is 0.338 e. The smallest absolute Gasteiger partial charge is 0.338 e. The Balaban J connectivity index is 1.51. The molecule has 1 amide bonds. The van der Waals surface area contributed by atoms with E-state index in [-0.39, 0.29) is 29.7 Å². The Kier molecular flexibility index (Phi) is 6.03. The molecule has 0 unspecified atom stereocenters. The van der Waals surface area contributed by atoms with E-state index in [0.717, 1.165) is 0 Å². The van der Waals surface area contributed by atoms with Crippen molar-refractivity contribution in [3.05, 3.63) is 65.5 Å². The van der Waals surface area contributed by atoms with Gasteiger partial charge in [0.05, 0.1) is 11.3 Å². The summed E-state index contributed by atoms with van der Waals surface area (Å²) in [6, 6.07) is 12.7. The number of ketones is 1. The van der Waals surface area contributed by atoms with Crippen LogP contribution in [0.5, 0.6) is 0 Å². The first-order valence-electron chi connectivity index (χ1n) is 9.01. The van der Waals surface area contributed by atoms with Crippen molar-refractivity contribution in [2.24, 2.45) is 0 Å². The van der Waals surface area contributed by atoms with Crippen molar-refractivity contribution in [2.45, 2.75) is 6.92 Å². The van der Waals surface area contributed by atoms with Gasteiger partial charge in [-0.25, -0.2) is 9.18 Å².